The van der Waals surface area contributed by atoms with Gasteiger partial charge in [0.1, 0.15) is 12.4 Å². The van der Waals surface area contributed by atoms with E-state index in [2.05, 4.69) is 21.8 Å². The molecule has 26 heavy (non-hydrogen) atoms. The Labute approximate surface area is 156 Å². The summed E-state index contributed by atoms with van der Waals surface area (Å²) >= 11 is 1.35. The van der Waals surface area contributed by atoms with Gasteiger partial charge in [0.25, 0.3) is 0 Å². The molecule has 0 saturated heterocycles. The molecule has 134 valence electrons. The Morgan fingerprint density at radius 3 is 2.96 bits per heavy atom. The van der Waals surface area contributed by atoms with Gasteiger partial charge in [0.05, 0.1) is 11.4 Å². The van der Waals surface area contributed by atoms with Crippen LogP contribution in [0, 0.1) is 6.92 Å². The van der Waals surface area contributed by atoms with Gasteiger partial charge in [0.2, 0.25) is 0 Å². The summed E-state index contributed by atoms with van der Waals surface area (Å²) in [5.74, 6) is 1.79. The van der Waals surface area contributed by atoms with Crippen LogP contribution in [0.5, 0.6) is 5.75 Å². The number of ketones is 1. The van der Waals surface area contributed by atoms with Crippen LogP contribution in [0.3, 0.4) is 0 Å². The molecule has 0 spiro atoms. The van der Waals surface area contributed by atoms with Crippen molar-refractivity contribution in [1.82, 2.24) is 19.7 Å². The van der Waals surface area contributed by atoms with Crippen LogP contribution in [0.4, 0.5) is 0 Å². The van der Waals surface area contributed by atoms with Crippen molar-refractivity contribution in [2.45, 2.75) is 25.2 Å². The van der Waals surface area contributed by atoms with E-state index in [-0.39, 0.29) is 11.5 Å². The van der Waals surface area contributed by atoms with Crippen molar-refractivity contribution in [3.63, 3.8) is 0 Å². The minimum atomic E-state index is 0.0192. The average molecular weight is 368 g/mol. The third kappa shape index (κ3) is 4.43. The van der Waals surface area contributed by atoms with Crippen LogP contribution in [0.15, 0.2) is 60.4 Å². The molecule has 0 amide bonds. The number of H-pyrrole nitrogens is 1. The first-order valence-electron chi connectivity index (χ1n) is 8.19. The molecule has 2 aromatic heterocycles. The Bertz CT molecular complexity index is 887. The number of carbonyl (C=O) groups excluding carboxylic acids is 1. The lowest BCUT2D eigenvalue weighted by atomic mass is 10.2. The Balaban J connectivity index is 1.67. The van der Waals surface area contributed by atoms with Crippen molar-refractivity contribution in [2.75, 3.05) is 5.75 Å². The highest BCUT2D eigenvalue weighted by atomic mass is 32.2. The Hall–Kier alpha value is -2.80. The van der Waals surface area contributed by atoms with Gasteiger partial charge in [-0.1, -0.05) is 30.0 Å². The number of hydrogen-bond acceptors (Lipinski definition) is 5. The Morgan fingerprint density at radius 1 is 1.35 bits per heavy atom. The number of benzene rings is 1. The number of rotatable bonds is 9. The quantitative estimate of drug-likeness (QED) is 0.354. The fraction of sp³-hybridized carbons (Fsp3) is 0.211. The summed E-state index contributed by atoms with van der Waals surface area (Å²) in [5, 5.41) is 9.09. The zero-order chi connectivity index (χ0) is 18.4. The summed E-state index contributed by atoms with van der Waals surface area (Å²) in [6.45, 7) is 6.66. The molecule has 0 radical (unpaired) electrons. The first-order valence-corrected chi connectivity index (χ1v) is 9.17. The first-order chi connectivity index (χ1) is 12.7. The fourth-order valence-electron chi connectivity index (χ4n) is 2.41. The van der Waals surface area contributed by atoms with E-state index in [1.165, 1.54) is 11.8 Å². The number of allylic oxidation sites excluding steroid dienone is 1. The third-order valence-electron chi connectivity index (χ3n) is 3.69. The molecule has 0 aliphatic rings. The van der Waals surface area contributed by atoms with Gasteiger partial charge in [0, 0.05) is 12.7 Å². The molecule has 0 saturated carbocycles. The van der Waals surface area contributed by atoms with E-state index in [9.17, 15) is 4.79 Å². The number of ether oxygens (including phenoxy) is 1. The molecule has 0 bridgehead atoms. The van der Waals surface area contributed by atoms with E-state index in [1.807, 2.05) is 35.8 Å². The van der Waals surface area contributed by atoms with Gasteiger partial charge in [0.15, 0.2) is 16.8 Å². The molecule has 6 nitrogen and oxygen atoms in total. The maximum atomic E-state index is 12.1. The van der Waals surface area contributed by atoms with Crippen LogP contribution < -0.4 is 4.74 Å². The molecule has 7 heteroatoms. The highest BCUT2D eigenvalue weighted by molar-refractivity contribution is 7.99. The largest absolute Gasteiger partial charge is 0.486 e. The Morgan fingerprint density at radius 2 is 2.23 bits per heavy atom. The van der Waals surface area contributed by atoms with Crippen LogP contribution in [0.25, 0.3) is 0 Å². The van der Waals surface area contributed by atoms with E-state index in [0.717, 1.165) is 11.3 Å². The van der Waals surface area contributed by atoms with Gasteiger partial charge < -0.3 is 9.72 Å². The molecule has 2 heterocycles. The molecule has 0 aliphatic heterocycles. The Kier molecular flexibility index (Phi) is 5.91. The van der Waals surface area contributed by atoms with Crippen molar-refractivity contribution in [1.29, 1.82) is 0 Å². The molecule has 1 aromatic carbocycles. The molecule has 3 rings (SSSR count). The normalized spacial score (nSPS) is 10.7. The van der Waals surface area contributed by atoms with Gasteiger partial charge >= 0.3 is 0 Å². The second-order valence-electron chi connectivity index (χ2n) is 5.70. The van der Waals surface area contributed by atoms with E-state index < -0.39 is 0 Å². The topological polar surface area (TPSA) is 72.8 Å². The molecular weight excluding hydrogens is 348 g/mol. The summed E-state index contributed by atoms with van der Waals surface area (Å²) < 4.78 is 7.73. The van der Waals surface area contributed by atoms with Gasteiger partial charge in [-0.2, -0.15) is 0 Å². The number of nitrogens with one attached hydrogen (secondary N) is 1. The van der Waals surface area contributed by atoms with Gasteiger partial charge in [-0.15, -0.1) is 16.8 Å². The number of carbonyl (C=O) groups is 1. The molecule has 0 atom stereocenters. The number of hydrogen-bond donors (Lipinski definition) is 1. The lowest BCUT2D eigenvalue weighted by Gasteiger charge is -2.09. The third-order valence-corrected chi connectivity index (χ3v) is 4.66. The highest BCUT2D eigenvalue weighted by Crippen LogP contribution is 2.20. The van der Waals surface area contributed by atoms with Gasteiger partial charge in [-0.25, -0.2) is 0 Å². The summed E-state index contributed by atoms with van der Waals surface area (Å²) in [5.41, 5.74) is 1.73. The molecule has 0 aliphatic carbocycles. The van der Waals surface area contributed by atoms with E-state index in [0.29, 0.717) is 29.8 Å². The van der Waals surface area contributed by atoms with E-state index >= 15 is 0 Å². The summed E-state index contributed by atoms with van der Waals surface area (Å²) in [6, 6.07) is 11.4. The highest BCUT2D eigenvalue weighted by Gasteiger charge is 2.15. The zero-order valence-electron chi connectivity index (χ0n) is 14.5. The number of aromatic nitrogens is 4. The zero-order valence-corrected chi connectivity index (χ0v) is 15.3. The second kappa shape index (κ2) is 8.53. The summed E-state index contributed by atoms with van der Waals surface area (Å²) in [6.07, 6.45) is 3.51. The first kappa shape index (κ1) is 18.0. The maximum Gasteiger partial charge on any atom is 0.192 e. The number of Topliss-reactive ketones (excluding diaryl/α,β-unsaturated/α-hetero) is 1. The monoisotopic (exact) mass is 368 g/mol. The standard InChI is InChI=1S/C19H20N4O2S/c1-3-10-23-18(12-25-15-7-4-6-14(2)11-15)21-22-19(23)26-13-17(24)16-8-5-9-20-16/h3-9,11,20H,1,10,12-13H2,2H3. The van der Waals surface area contributed by atoms with Crippen molar-refractivity contribution in [3.8, 4) is 5.75 Å². The smallest absolute Gasteiger partial charge is 0.192 e. The summed E-state index contributed by atoms with van der Waals surface area (Å²) in [7, 11) is 0. The summed E-state index contributed by atoms with van der Waals surface area (Å²) in [4.78, 5) is 15.1. The number of aromatic amines is 1. The van der Waals surface area contributed by atoms with Crippen molar-refractivity contribution >= 4 is 17.5 Å². The van der Waals surface area contributed by atoms with Crippen molar-refractivity contribution in [3.05, 3.63) is 72.3 Å². The second-order valence-corrected chi connectivity index (χ2v) is 6.64. The van der Waals surface area contributed by atoms with Crippen LogP contribution in [0.1, 0.15) is 21.9 Å². The van der Waals surface area contributed by atoms with Crippen LogP contribution in [-0.2, 0) is 13.2 Å². The minimum Gasteiger partial charge on any atom is -0.486 e. The van der Waals surface area contributed by atoms with Gasteiger partial charge in [-0.3, -0.25) is 9.36 Å². The maximum absolute atomic E-state index is 12.1. The van der Waals surface area contributed by atoms with E-state index in [4.69, 9.17) is 4.74 Å². The number of aryl methyl sites for hydroxylation is 1. The van der Waals surface area contributed by atoms with Crippen molar-refractivity contribution in [2.24, 2.45) is 0 Å². The minimum absolute atomic E-state index is 0.0192. The van der Waals surface area contributed by atoms with Crippen LogP contribution in [-0.4, -0.2) is 31.3 Å². The molecular formula is C19H20N4O2S. The molecule has 3 aromatic rings. The van der Waals surface area contributed by atoms with Crippen LogP contribution >= 0.6 is 11.8 Å². The molecule has 0 unspecified atom stereocenters. The number of thioether (sulfide) groups is 1. The lowest BCUT2D eigenvalue weighted by Crippen LogP contribution is -2.09. The van der Waals surface area contributed by atoms with Crippen LogP contribution in [0.2, 0.25) is 0 Å². The van der Waals surface area contributed by atoms with Crippen molar-refractivity contribution < 1.29 is 9.53 Å². The fourth-order valence-corrected chi connectivity index (χ4v) is 3.26. The SMILES string of the molecule is C=CCn1c(COc2cccc(C)c2)nnc1SCC(=O)c1ccc[nH]1. The molecule has 0 fully saturated rings. The average Bonchev–Trinajstić information content (AvgIpc) is 3.29. The number of nitrogens with zero attached hydrogens (tertiary/aromatic N) is 3. The predicted molar refractivity (Wildman–Crippen MR) is 102 cm³/mol. The molecule has 1 N–H and O–H groups in total. The predicted octanol–water partition coefficient (Wildman–Crippen LogP) is 3.65. The lowest BCUT2D eigenvalue weighted by molar-refractivity contribution is 0.101. The van der Waals surface area contributed by atoms with Gasteiger partial charge in [-0.05, 0) is 36.8 Å². The van der Waals surface area contributed by atoms with E-state index in [1.54, 1.807) is 24.4 Å².